The Morgan fingerprint density at radius 2 is 1.32 bits per heavy atom. The normalized spacial score (nSPS) is 15.5. The van der Waals surface area contributed by atoms with E-state index in [9.17, 15) is 0 Å². The third-order valence-electron chi connectivity index (χ3n) is 6.45. The Hall–Kier alpha value is -2.02. The standard InChI is InChI=1S/C25H23Br2N3O/c26-15-4-6-21-17(12-15)19-14-20-18-13-16(27)5-7-22(18)29-24(20)25(23(19)28-21)31-11-10-30-8-2-1-3-9-30/h4-7,12-14,28-29H,1-3,8-11H2. The van der Waals surface area contributed by atoms with Gasteiger partial charge in [0.1, 0.15) is 6.61 Å². The lowest BCUT2D eigenvalue weighted by Gasteiger charge is -2.26. The number of H-pyrrole nitrogens is 2. The molecule has 2 aromatic heterocycles. The monoisotopic (exact) mass is 539 g/mol. The predicted molar refractivity (Wildman–Crippen MR) is 136 cm³/mol. The number of hydrogen-bond acceptors (Lipinski definition) is 2. The molecule has 0 spiro atoms. The molecule has 3 heterocycles. The van der Waals surface area contributed by atoms with Crippen LogP contribution < -0.4 is 4.74 Å². The summed E-state index contributed by atoms with van der Waals surface area (Å²) in [5.74, 6) is 0.921. The highest BCUT2D eigenvalue weighted by Gasteiger charge is 2.18. The Labute approximate surface area is 197 Å². The van der Waals surface area contributed by atoms with Crippen molar-refractivity contribution in [3.05, 3.63) is 51.4 Å². The number of ether oxygens (including phenoxy) is 1. The van der Waals surface area contributed by atoms with Gasteiger partial charge in [-0.2, -0.15) is 0 Å². The molecule has 158 valence electrons. The van der Waals surface area contributed by atoms with E-state index in [-0.39, 0.29) is 0 Å². The lowest BCUT2D eigenvalue weighted by Crippen LogP contribution is -2.33. The molecule has 1 fully saturated rings. The van der Waals surface area contributed by atoms with E-state index < -0.39 is 0 Å². The molecule has 1 aliphatic rings. The number of nitrogens with zero attached hydrogens (tertiary/aromatic N) is 1. The highest BCUT2D eigenvalue weighted by Crippen LogP contribution is 2.41. The van der Waals surface area contributed by atoms with Gasteiger partial charge in [0, 0.05) is 48.1 Å². The summed E-state index contributed by atoms with van der Waals surface area (Å²) in [4.78, 5) is 9.76. The summed E-state index contributed by atoms with van der Waals surface area (Å²) in [6, 6.07) is 15.1. The van der Waals surface area contributed by atoms with Crippen LogP contribution in [0.4, 0.5) is 0 Å². The van der Waals surface area contributed by atoms with Gasteiger partial charge in [-0.3, -0.25) is 4.90 Å². The second-order valence-electron chi connectivity index (χ2n) is 8.43. The van der Waals surface area contributed by atoms with Crippen molar-refractivity contribution in [2.24, 2.45) is 0 Å². The molecule has 0 unspecified atom stereocenters. The Morgan fingerprint density at radius 1 is 0.742 bits per heavy atom. The van der Waals surface area contributed by atoms with Crippen LogP contribution in [0.15, 0.2) is 51.4 Å². The second-order valence-corrected chi connectivity index (χ2v) is 10.3. The van der Waals surface area contributed by atoms with Crippen molar-refractivity contribution in [2.45, 2.75) is 19.3 Å². The Balaban J connectivity index is 1.53. The molecule has 2 N–H and O–H groups in total. The summed E-state index contributed by atoms with van der Waals surface area (Å²) in [7, 11) is 0. The quantitative estimate of drug-likeness (QED) is 0.250. The maximum atomic E-state index is 6.53. The summed E-state index contributed by atoms with van der Waals surface area (Å²) in [6.45, 7) is 4.02. The first-order valence-corrected chi connectivity index (χ1v) is 12.5. The van der Waals surface area contributed by atoms with E-state index in [0.29, 0.717) is 6.61 Å². The summed E-state index contributed by atoms with van der Waals surface area (Å²) in [6.07, 6.45) is 3.95. The van der Waals surface area contributed by atoms with Gasteiger partial charge in [0.05, 0.1) is 11.0 Å². The number of fused-ring (bicyclic) bond motifs is 6. The number of benzene rings is 3. The Bertz CT molecular complexity index is 1330. The highest BCUT2D eigenvalue weighted by atomic mass is 79.9. The fourth-order valence-corrected chi connectivity index (χ4v) is 5.62. The molecule has 6 heteroatoms. The summed E-state index contributed by atoms with van der Waals surface area (Å²) in [5.41, 5.74) is 4.36. The molecular formula is C25H23Br2N3O. The molecule has 5 aromatic rings. The van der Waals surface area contributed by atoms with Crippen LogP contribution in [0.5, 0.6) is 5.75 Å². The third-order valence-corrected chi connectivity index (χ3v) is 7.43. The van der Waals surface area contributed by atoms with Crippen molar-refractivity contribution in [2.75, 3.05) is 26.2 Å². The van der Waals surface area contributed by atoms with Crippen molar-refractivity contribution >= 4 is 75.5 Å². The lowest BCUT2D eigenvalue weighted by atomic mass is 10.1. The van der Waals surface area contributed by atoms with Gasteiger partial charge >= 0.3 is 0 Å². The minimum atomic E-state index is 0.687. The van der Waals surface area contributed by atoms with Gasteiger partial charge in [0.2, 0.25) is 0 Å². The molecule has 0 saturated carbocycles. The van der Waals surface area contributed by atoms with Crippen LogP contribution in [-0.2, 0) is 0 Å². The van der Waals surface area contributed by atoms with Crippen LogP contribution in [0.25, 0.3) is 43.6 Å². The van der Waals surface area contributed by atoms with Crippen LogP contribution in [0.3, 0.4) is 0 Å². The molecule has 6 rings (SSSR count). The second kappa shape index (κ2) is 7.84. The van der Waals surface area contributed by atoms with Crippen molar-refractivity contribution in [1.29, 1.82) is 0 Å². The minimum absolute atomic E-state index is 0.687. The fraction of sp³-hybridized carbons (Fsp3) is 0.280. The maximum Gasteiger partial charge on any atom is 0.167 e. The van der Waals surface area contributed by atoms with Crippen LogP contribution >= 0.6 is 31.9 Å². The zero-order valence-electron chi connectivity index (χ0n) is 17.1. The first-order valence-electron chi connectivity index (χ1n) is 10.9. The van der Waals surface area contributed by atoms with Crippen molar-refractivity contribution in [3.8, 4) is 5.75 Å². The van der Waals surface area contributed by atoms with Crippen molar-refractivity contribution in [3.63, 3.8) is 0 Å². The number of aromatic amines is 2. The van der Waals surface area contributed by atoms with Gasteiger partial charge in [-0.05, 0) is 68.4 Å². The first-order chi connectivity index (χ1) is 15.2. The topological polar surface area (TPSA) is 44.0 Å². The fourth-order valence-electron chi connectivity index (χ4n) is 4.90. The molecular weight excluding hydrogens is 518 g/mol. The van der Waals surface area contributed by atoms with Gasteiger partial charge in [0.25, 0.3) is 0 Å². The maximum absolute atomic E-state index is 6.53. The van der Waals surface area contributed by atoms with Gasteiger partial charge < -0.3 is 14.7 Å². The Morgan fingerprint density at radius 3 is 1.90 bits per heavy atom. The average Bonchev–Trinajstić information content (AvgIpc) is 3.32. The molecule has 4 nitrogen and oxygen atoms in total. The van der Waals surface area contributed by atoms with Crippen molar-refractivity contribution in [1.82, 2.24) is 14.9 Å². The van der Waals surface area contributed by atoms with E-state index in [1.807, 2.05) is 0 Å². The summed E-state index contributed by atoms with van der Waals surface area (Å²) >= 11 is 7.27. The first kappa shape index (κ1) is 19.6. The van der Waals surface area contributed by atoms with E-state index in [1.165, 1.54) is 53.9 Å². The zero-order valence-corrected chi connectivity index (χ0v) is 20.3. The molecule has 0 atom stereocenters. The lowest BCUT2D eigenvalue weighted by molar-refractivity contribution is 0.185. The number of nitrogens with one attached hydrogen (secondary N) is 2. The van der Waals surface area contributed by atoms with Gasteiger partial charge in [-0.15, -0.1) is 0 Å². The van der Waals surface area contributed by atoms with Crippen LogP contribution in [0.1, 0.15) is 19.3 Å². The molecule has 1 aliphatic heterocycles. The molecule has 3 aromatic carbocycles. The van der Waals surface area contributed by atoms with E-state index >= 15 is 0 Å². The highest BCUT2D eigenvalue weighted by molar-refractivity contribution is 9.10. The summed E-state index contributed by atoms with van der Waals surface area (Å²) < 4.78 is 8.69. The number of halogens is 2. The van der Waals surface area contributed by atoms with Gasteiger partial charge in [-0.25, -0.2) is 0 Å². The molecule has 0 bridgehead atoms. The third kappa shape index (κ3) is 3.45. The van der Waals surface area contributed by atoms with Crippen LogP contribution in [-0.4, -0.2) is 41.1 Å². The molecule has 0 aliphatic carbocycles. The van der Waals surface area contributed by atoms with E-state index in [2.05, 4.69) is 89.2 Å². The molecule has 0 radical (unpaired) electrons. The van der Waals surface area contributed by atoms with Crippen LogP contribution in [0, 0.1) is 0 Å². The molecule has 1 saturated heterocycles. The van der Waals surface area contributed by atoms with E-state index in [4.69, 9.17) is 4.74 Å². The molecule has 0 amide bonds. The predicted octanol–water partition coefficient (Wildman–Crippen LogP) is 7.35. The number of piperidine rings is 1. The zero-order chi connectivity index (χ0) is 20.9. The number of aromatic nitrogens is 2. The number of hydrogen-bond donors (Lipinski definition) is 2. The minimum Gasteiger partial charge on any atom is -0.488 e. The van der Waals surface area contributed by atoms with Crippen LogP contribution in [0.2, 0.25) is 0 Å². The molecule has 31 heavy (non-hydrogen) atoms. The van der Waals surface area contributed by atoms with E-state index in [0.717, 1.165) is 43.3 Å². The van der Waals surface area contributed by atoms with Gasteiger partial charge in [0.15, 0.2) is 5.75 Å². The number of rotatable bonds is 4. The Kier molecular flexibility index (Phi) is 4.97. The summed E-state index contributed by atoms with van der Waals surface area (Å²) in [5, 5.41) is 4.79. The van der Waals surface area contributed by atoms with E-state index in [1.54, 1.807) is 0 Å². The average molecular weight is 541 g/mol. The smallest absolute Gasteiger partial charge is 0.167 e. The SMILES string of the molecule is Brc1ccc2[nH]c3c(OCCN4CCCCC4)c4[nH]c5ccc(Br)cc5c4cc3c2c1. The number of likely N-dealkylation sites (tertiary alicyclic amines) is 1. The largest absolute Gasteiger partial charge is 0.488 e. The van der Waals surface area contributed by atoms with Crippen molar-refractivity contribution < 1.29 is 4.74 Å². The van der Waals surface area contributed by atoms with Gasteiger partial charge in [-0.1, -0.05) is 38.3 Å².